The van der Waals surface area contributed by atoms with Crippen LogP contribution >= 0.6 is 0 Å². The van der Waals surface area contributed by atoms with Crippen molar-refractivity contribution in [1.29, 1.82) is 0 Å². The van der Waals surface area contributed by atoms with Crippen molar-refractivity contribution in [3.8, 4) is 0 Å². The summed E-state index contributed by atoms with van der Waals surface area (Å²) in [5.41, 5.74) is 3.75. The molecule has 1 amide bonds. The van der Waals surface area contributed by atoms with Crippen LogP contribution in [0.5, 0.6) is 0 Å². The number of piperidine rings is 1. The van der Waals surface area contributed by atoms with Gasteiger partial charge in [0, 0.05) is 31.7 Å². The van der Waals surface area contributed by atoms with Gasteiger partial charge in [-0.3, -0.25) is 4.79 Å². The first-order valence-electron chi connectivity index (χ1n) is 11.2. The molecule has 1 aromatic heterocycles. The van der Waals surface area contributed by atoms with Crippen molar-refractivity contribution in [1.82, 2.24) is 8.87 Å². The molecule has 1 fully saturated rings. The molecule has 1 saturated heterocycles. The average molecular weight is 464 g/mol. The molecule has 1 aliphatic rings. The van der Waals surface area contributed by atoms with Gasteiger partial charge < -0.3 is 4.57 Å². The van der Waals surface area contributed by atoms with Gasteiger partial charge in [-0.1, -0.05) is 42.5 Å². The van der Waals surface area contributed by atoms with Gasteiger partial charge in [-0.2, -0.15) is 9.30 Å². The van der Waals surface area contributed by atoms with Crippen LogP contribution in [-0.2, 0) is 21.4 Å². The van der Waals surface area contributed by atoms with E-state index in [1.165, 1.54) is 4.31 Å². The lowest BCUT2D eigenvalue weighted by atomic mass is 9.97. The molecular formula is C26H29N3O3S. The van der Waals surface area contributed by atoms with Crippen molar-refractivity contribution in [2.24, 2.45) is 10.9 Å². The summed E-state index contributed by atoms with van der Waals surface area (Å²) in [5.74, 6) is -0.465. The minimum absolute atomic E-state index is 0.189. The fourth-order valence-corrected chi connectivity index (χ4v) is 5.61. The maximum atomic E-state index is 13.1. The van der Waals surface area contributed by atoms with Crippen molar-refractivity contribution in [3.05, 3.63) is 95.1 Å². The van der Waals surface area contributed by atoms with Crippen LogP contribution < -0.4 is 5.49 Å². The van der Waals surface area contributed by atoms with Crippen LogP contribution in [0.4, 0.5) is 0 Å². The maximum Gasteiger partial charge on any atom is 0.250 e. The number of carbonyl (C=O) groups is 1. The number of carbonyl (C=O) groups excluding carboxylic acids is 1. The zero-order valence-electron chi connectivity index (χ0n) is 19.0. The van der Waals surface area contributed by atoms with Crippen molar-refractivity contribution in [2.45, 2.75) is 38.1 Å². The Morgan fingerprint density at radius 1 is 0.939 bits per heavy atom. The molecular weight excluding hydrogens is 434 g/mol. The second-order valence-corrected chi connectivity index (χ2v) is 10.5. The molecule has 0 spiro atoms. The minimum Gasteiger partial charge on any atom is -0.328 e. The normalized spacial score (nSPS) is 16.1. The Hall–Kier alpha value is -3.03. The molecule has 2 aromatic carbocycles. The molecule has 2 heterocycles. The van der Waals surface area contributed by atoms with E-state index in [0.29, 0.717) is 42.9 Å². The van der Waals surface area contributed by atoms with Crippen LogP contribution in [0.3, 0.4) is 0 Å². The van der Waals surface area contributed by atoms with E-state index in [-0.39, 0.29) is 11.8 Å². The minimum atomic E-state index is -3.56. The SMILES string of the molecule is Cc1ccc(S(=O)(=O)N2CCC(C(=O)N=c3ccccn3Cc3ccccc3)CC2)cc1C. The number of benzene rings is 2. The van der Waals surface area contributed by atoms with E-state index in [9.17, 15) is 13.2 Å². The van der Waals surface area contributed by atoms with Crippen molar-refractivity contribution >= 4 is 15.9 Å². The van der Waals surface area contributed by atoms with Crippen LogP contribution in [0.25, 0.3) is 0 Å². The Balaban J connectivity index is 1.46. The number of sulfonamides is 1. The molecule has 0 atom stereocenters. The van der Waals surface area contributed by atoms with E-state index in [2.05, 4.69) is 4.99 Å². The zero-order valence-corrected chi connectivity index (χ0v) is 19.8. The summed E-state index contributed by atoms with van der Waals surface area (Å²) in [5, 5.41) is 0. The van der Waals surface area contributed by atoms with E-state index in [0.717, 1.165) is 16.7 Å². The third-order valence-electron chi connectivity index (χ3n) is 6.26. The molecule has 0 N–H and O–H groups in total. The van der Waals surface area contributed by atoms with Gasteiger partial charge in [0.2, 0.25) is 10.0 Å². The van der Waals surface area contributed by atoms with E-state index in [4.69, 9.17) is 0 Å². The van der Waals surface area contributed by atoms with Crippen molar-refractivity contribution in [3.63, 3.8) is 0 Å². The summed E-state index contributed by atoms with van der Waals surface area (Å²) < 4.78 is 29.5. The van der Waals surface area contributed by atoms with Gasteiger partial charge in [0.15, 0.2) is 0 Å². The lowest BCUT2D eigenvalue weighted by Crippen LogP contribution is -2.40. The standard InChI is InChI=1S/C26H29N3O3S/c1-20-11-12-24(18-21(20)2)33(31,32)29-16-13-23(14-17-29)26(30)27-25-10-6-7-15-28(25)19-22-8-4-3-5-9-22/h3-12,15,18,23H,13-14,16-17,19H2,1-2H3. The monoisotopic (exact) mass is 463 g/mol. The highest BCUT2D eigenvalue weighted by Gasteiger charge is 2.32. The lowest BCUT2D eigenvalue weighted by Gasteiger charge is -2.29. The smallest absolute Gasteiger partial charge is 0.250 e. The number of aryl methyl sites for hydroxylation is 2. The fraction of sp³-hybridized carbons (Fsp3) is 0.308. The molecule has 4 rings (SSSR count). The van der Waals surface area contributed by atoms with Gasteiger partial charge in [-0.05, 0) is 67.6 Å². The molecule has 0 saturated carbocycles. The quantitative estimate of drug-likeness (QED) is 0.580. The number of aromatic nitrogens is 1. The van der Waals surface area contributed by atoms with Crippen LogP contribution in [0.1, 0.15) is 29.5 Å². The van der Waals surface area contributed by atoms with E-state index in [1.54, 1.807) is 12.1 Å². The van der Waals surface area contributed by atoms with E-state index >= 15 is 0 Å². The molecule has 3 aromatic rings. The Labute approximate surface area is 195 Å². The second kappa shape index (κ2) is 9.85. The van der Waals surface area contributed by atoms with Crippen LogP contribution in [0.15, 0.2) is 82.8 Å². The van der Waals surface area contributed by atoms with E-state index in [1.807, 2.05) is 79.2 Å². The highest BCUT2D eigenvalue weighted by atomic mass is 32.2. The molecule has 0 aliphatic carbocycles. The number of hydrogen-bond acceptors (Lipinski definition) is 3. The van der Waals surface area contributed by atoms with Crippen LogP contribution in [0, 0.1) is 19.8 Å². The van der Waals surface area contributed by atoms with Gasteiger partial charge in [0.05, 0.1) is 4.90 Å². The number of pyridine rings is 1. The van der Waals surface area contributed by atoms with Gasteiger partial charge >= 0.3 is 0 Å². The van der Waals surface area contributed by atoms with Gasteiger partial charge in [-0.25, -0.2) is 8.42 Å². The van der Waals surface area contributed by atoms with Crippen molar-refractivity contribution < 1.29 is 13.2 Å². The lowest BCUT2D eigenvalue weighted by molar-refractivity contribution is -0.122. The topological polar surface area (TPSA) is 71.7 Å². The van der Waals surface area contributed by atoms with Crippen molar-refractivity contribution in [2.75, 3.05) is 13.1 Å². The second-order valence-electron chi connectivity index (χ2n) is 8.55. The Kier molecular flexibility index (Phi) is 6.91. The molecule has 0 radical (unpaired) electrons. The Bertz CT molecular complexity index is 1310. The first kappa shape index (κ1) is 23.1. The maximum absolute atomic E-state index is 13.1. The molecule has 172 valence electrons. The number of rotatable bonds is 5. The summed E-state index contributed by atoms with van der Waals surface area (Å²) in [7, 11) is -3.56. The zero-order chi connectivity index (χ0) is 23.4. The van der Waals surface area contributed by atoms with Gasteiger partial charge in [-0.15, -0.1) is 0 Å². The summed E-state index contributed by atoms with van der Waals surface area (Å²) in [4.78, 5) is 17.6. The third-order valence-corrected chi connectivity index (χ3v) is 8.15. The fourth-order valence-electron chi connectivity index (χ4n) is 4.05. The largest absolute Gasteiger partial charge is 0.328 e. The average Bonchev–Trinajstić information content (AvgIpc) is 2.83. The molecule has 0 bridgehead atoms. The Morgan fingerprint density at radius 3 is 2.33 bits per heavy atom. The first-order chi connectivity index (χ1) is 15.8. The molecule has 33 heavy (non-hydrogen) atoms. The summed E-state index contributed by atoms with van der Waals surface area (Å²) in [6, 6.07) is 20.9. The number of hydrogen-bond donors (Lipinski definition) is 0. The van der Waals surface area contributed by atoms with E-state index < -0.39 is 10.0 Å². The predicted molar refractivity (Wildman–Crippen MR) is 128 cm³/mol. The predicted octanol–water partition coefficient (Wildman–Crippen LogP) is 3.68. The molecule has 0 unspecified atom stereocenters. The highest BCUT2D eigenvalue weighted by molar-refractivity contribution is 7.89. The van der Waals surface area contributed by atoms with Gasteiger partial charge in [0.25, 0.3) is 5.91 Å². The molecule has 1 aliphatic heterocycles. The Morgan fingerprint density at radius 2 is 1.64 bits per heavy atom. The van der Waals surface area contributed by atoms with Crippen LogP contribution in [0.2, 0.25) is 0 Å². The first-order valence-corrected chi connectivity index (χ1v) is 12.6. The highest BCUT2D eigenvalue weighted by Crippen LogP contribution is 2.25. The number of amides is 1. The summed E-state index contributed by atoms with van der Waals surface area (Å²) in [6.45, 7) is 5.14. The number of nitrogens with zero attached hydrogens (tertiary/aromatic N) is 3. The van der Waals surface area contributed by atoms with Crippen LogP contribution in [-0.4, -0.2) is 36.3 Å². The molecule has 6 nitrogen and oxygen atoms in total. The van der Waals surface area contributed by atoms with Gasteiger partial charge in [0.1, 0.15) is 5.49 Å². The molecule has 7 heteroatoms. The summed E-state index contributed by atoms with van der Waals surface area (Å²) >= 11 is 0. The third kappa shape index (κ3) is 5.31. The summed E-state index contributed by atoms with van der Waals surface area (Å²) in [6.07, 6.45) is 2.85.